The Balaban J connectivity index is 1.68. The molecule has 0 saturated carbocycles. The summed E-state index contributed by atoms with van der Waals surface area (Å²) in [5, 5.41) is 5.33. The molecule has 2 aromatic heterocycles. The van der Waals surface area contributed by atoms with Gasteiger partial charge in [0, 0.05) is 30.8 Å². The van der Waals surface area contributed by atoms with E-state index in [1.807, 2.05) is 46.8 Å². The van der Waals surface area contributed by atoms with Crippen LogP contribution in [0.5, 0.6) is 0 Å². The summed E-state index contributed by atoms with van der Waals surface area (Å²) in [5.74, 6) is 0.331. The lowest BCUT2D eigenvalue weighted by molar-refractivity contribution is 0.0551. The number of methoxy groups -OCH3 is 1. The molecular formula is C18H19N3O3. The average Bonchev–Trinajstić information content (AvgIpc) is 3.20. The molecule has 124 valence electrons. The van der Waals surface area contributed by atoms with Gasteiger partial charge in [0.2, 0.25) is 0 Å². The molecule has 1 aliphatic rings. The number of aryl methyl sites for hydroxylation is 1. The molecule has 4 rings (SSSR count). The van der Waals surface area contributed by atoms with Gasteiger partial charge in [-0.05, 0) is 19.1 Å². The molecular weight excluding hydrogens is 306 g/mol. The number of para-hydroxylation sites is 1. The fraction of sp³-hybridized carbons (Fsp3) is 0.333. The number of amides is 1. The van der Waals surface area contributed by atoms with Crippen molar-refractivity contribution in [3.8, 4) is 0 Å². The van der Waals surface area contributed by atoms with E-state index in [1.165, 1.54) is 0 Å². The molecule has 6 nitrogen and oxygen atoms in total. The van der Waals surface area contributed by atoms with E-state index in [0.717, 1.165) is 22.2 Å². The molecule has 1 atom stereocenters. The second kappa shape index (κ2) is 5.79. The van der Waals surface area contributed by atoms with Gasteiger partial charge in [0.25, 0.3) is 5.91 Å². The second-order valence-electron chi connectivity index (χ2n) is 6.11. The normalized spacial score (nSPS) is 17.2. The van der Waals surface area contributed by atoms with E-state index in [-0.39, 0.29) is 11.9 Å². The Morgan fingerprint density at radius 2 is 2.21 bits per heavy atom. The number of carbonyl (C=O) groups excluding carboxylic acids is 1. The molecule has 0 unspecified atom stereocenters. The molecule has 6 heteroatoms. The van der Waals surface area contributed by atoms with Gasteiger partial charge in [-0.25, -0.2) is 0 Å². The Labute approximate surface area is 139 Å². The lowest BCUT2D eigenvalue weighted by Crippen LogP contribution is -2.42. The largest absolute Gasteiger partial charge is 0.451 e. The Morgan fingerprint density at radius 3 is 3.00 bits per heavy atom. The number of aromatic nitrogens is 2. The average molecular weight is 325 g/mol. The molecule has 0 saturated heterocycles. The number of hydrogen-bond acceptors (Lipinski definition) is 4. The number of carbonyl (C=O) groups is 1. The highest BCUT2D eigenvalue weighted by molar-refractivity contribution is 5.98. The van der Waals surface area contributed by atoms with Gasteiger partial charge in [0.05, 0.1) is 24.9 Å². The van der Waals surface area contributed by atoms with Crippen LogP contribution < -0.4 is 0 Å². The third-order valence-electron chi connectivity index (χ3n) is 4.57. The maximum absolute atomic E-state index is 13.0. The first kappa shape index (κ1) is 15.0. The van der Waals surface area contributed by atoms with Crippen LogP contribution >= 0.6 is 0 Å². The second-order valence-corrected chi connectivity index (χ2v) is 6.11. The lowest BCUT2D eigenvalue weighted by Gasteiger charge is -2.33. The summed E-state index contributed by atoms with van der Waals surface area (Å²) >= 11 is 0. The maximum atomic E-state index is 13.0. The molecule has 0 N–H and O–H groups in total. The molecule has 24 heavy (non-hydrogen) atoms. The molecule has 0 aliphatic carbocycles. The lowest BCUT2D eigenvalue weighted by atomic mass is 10.1. The molecule has 3 aromatic rings. The Hall–Kier alpha value is -2.60. The number of hydrogen-bond donors (Lipinski definition) is 0. The highest BCUT2D eigenvalue weighted by Crippen LogP contribution is 2.28. The quantitative estimate of drug-likeness (QED) is 0.743. The van der Waals surface area contributed by atoms with Crippen LogP contribution in [0.4, 0.5) is 0 Å². The third-order valence-corrected chi connectivity index (χ3v) is 4.57. The number of ether oxygens (including phenoxy) is 1. The molecule has 1 aliphatic heterocycles. The minimum atomic E-state index is -0.0859. The van der Waals surface area contributed by atoms with E-state index in [1.54, 1.807) is 13.3 Å². The summed E-state index contributed by atoms with van der Waals surface area (Å²) in [7, 11) is 1.66. The smallest absolute Gasteiger partial charge is 0.290 e. The van der Waals surface area contributed by atoms with E-state index in [2.05, 4.69) is 5.10 Å². The highest BCUT2D eigenvalue weighted by Gasteiger charge is 2.31. The predicted molar refractivity (Wildman–Crippen MR) is 88.8 cm³/mol. The fourth-order valence-electron chi connectivity index (χ4n) is 3.38. The van der Waals surface area contributed by atoms with Crippen LogP contribution in [-0.2, 0) is 11.3 Å². The molecule has 1 amide bonds. The van der Waals surface area contributed by atoms with Gasteiger partial charge in [-0.2, -0.15) is 5.10 Å². The summed E-state index contributed by atoms with van der Waals surface area (Å²) < 4.78 is 13.1. The Morgan fingerprint density at radius 1 is 1.38 bits per heavy atom. The van der Waals surface area contributed by atoms with Gasteiger partial charge in [-0.15, -0.1) is 0 Å². The van der Waals surface area contributed by atoms with Gasteiger partial charge in [0.15, 0.2) is 5.76 Å². The summed E-state index contributed by atoms with van der Waals surface area (Å²) in [5.41, 5.74) is 2.64. The monoisotopic (exact) mass is 325 g/mol. The third kappa shape index (κ3) is 2.30. The van der Waals surface area contributed by atoms with Crippen molar-refractivity contribution < 1.29 is 13.9 Å². The Kier molecular flexibility index (Phi) is 3.61. The van der Waals surface area contributed by atoms with Crippen molar-refractivity contribution >= 4 is 16.9 Å². The Bertz CT molecular complexity index is 896. The van der Waals surface area contributed by atoms with Crippen LogP contribution in [0.2, 0.25) is 0 Å². The van der Waals surface area contributed by atoms with Gasteiger partial charge < -0.3 is 14.1 Å². The van der Waals surface area contributed by atoms with Crippen molar-refractivity contribution in [2.45, 2.75) is 19.5 Å². The number of fused-ring (bicyclic) bond motifs is 2. The number of nitrogens with zero attached hydrogens (tertiary/aromatic N) is 3. The topological polar surface area (TPSA) is 60.5 Å². The molecule has 1 aromatic carbocycles. The minimum absolute atomic E-state index is 0.0161. The van der Waals surface area contributed by atoms with Crippen molar-refractivity contribution in [2.75, 3.05) is 20.3 Å². The van der Waals surface area contributed by atoms with Crippen LogP contribution in [0, 0.1) is 6.92 Å². The minimum Gasteiger partial charge on any atom is -0.451 e. The number of rotatable bonds is 3. The van der Waals surface area contributed by atoms with Gasteiger partial charge in [0.1, 0.15) is 5.58 Å². The molecule has 3 heterocycles. The van der Waals surface area contributed by atoms with Crippen molar-refractivity contribution in [3.63, 3.8) is 0 Å². The van der Waals surface area contributed by atoms with E-state index in [4.69, 9.17) is 9.15 Å². The van der Waals surface area contributed by atoms with Crippen LogP contribution in [0.1, 0.15) is 27.9 Å². The summed E-state index contributed by atoms with van der Waals surface area (Å²) in [4.78, 5) is 14.8. The van der Waals surface area contributed by atoms with Crippen LogP contribution in [0.15, 0.2) is 40.9 Å². The van der Waals surface area contributed by atoms with Crippen LogP contribution in [0.3, 0.4) is 0 Å². The van der Waals surface area contributed by atoms with Gasteiger partial charge in [-0.1, -0.05) is 18.2 Å². The van der Waals surface area contributed by atoms with E-state index in [9.17, 15) is 4.79 Å². The van der Waals surface area contributed by atoms with Crippen LogP contribution in [-0.4, -0.2) is 40.8 Å². The zero-order valence-corrected chi connectivity index (χ0v) is 13.7. The highest BCUT2D eigenvalue weighted by atomic mass is 16.5. The predicted octanol–water partition coefficient (Wildman–Crippen LogP) is 2.78. The van der Waals surface area contributed by atoms with Crippen molar-refractivity contribution in [1.29, 1.82) is 0 Å². The molecule has 0 fully saturated rings. The SMILES string of the molecule is COC[C@@H]1CN(C(=O)c2oc3ccccc3c2C)Cc2ccnn21. The fourth-order valence-corrected chi connectivity index (χ4v) is 3.38. The van der Waals surface area contributed by atoms with Gasteiger partial charge in [-0.3, -0.25) is 9.48 Å². The van der Waals surface area contributed by atoms with Crippen molar-refractivity contribution in [3.05, 3.63) is 53.5 Å². The first-order valence-electron chi connectivity index (χ1n) is 7.97. The zero-order valence-electron chi connectivity index (χ0n) is 13.7. The summed E-state index contributed by atoms with van der Waals surface area (Å²) in [6.45, 7) is 3.52. The van der Waals surface area contributed by atoms with Crippen molar-refractivity contribution in [1.82, 2.24) is 14.7 Å². The molecule has 0 radical (unpaired) electrons. The first-order valence-corrected chi connectivity index (χ1v) is 7.97. The number of furan rings is 1. The number of benzene rings is 1. The molecule has 0 spiro atoms. The van der Waals surface area contributed by atoms with Gasteiger partial charge >= 0.3 is 0 Å². The van der Waals surface area contributed by atoms with E-state index < -0.39 is 0 Å². The molecule has 0 bridgehead atoms. The summed E-state index contributed by atoms with van der Waals surface area (Å²) in [6, 6.07) is 9.68. The zero-order chi connectivity index (χ0) is 16.7. The maximum Gasteiger partial charge on any atom is 0.290 e. The van der Waals surface area contributed by atoms with E-state index >= 15 is 0 Å². The summed E-state index contributed by atoms with van der Waals surface area (Å²) in [6.07, 6.45) is 1.76. The van der Waals surface area contributed by atoms with Crippen LogP contribution in [0.25, 0.3) is 11.0 Å². The van der Waals surface area contributed by atoms with E-state index in [0.29, 0.717) is 25.5 Å². The first-order chi connectivity index (χ1) is 11.7. The standard InChI is InChI=1S/C18H19N3O3/c1-12-15-5-3-4-6-16(15)24-17(12)18(22)20-9-13-7-8-19-21(13)14(10-20)11-23-2/h3-8,14H,9-11H2,1-2H3/t14-/m0/s1. The van der Waals surface area contributed by atoms with Crippen molar-refractivity contribution in [2.24, 2.45) is 0 Å².